The quantitative estimate of drug-likeness (QED) is 0.574. The number of rotatable bonds is 2. The fourth-order valence-corrected chi connectivity index (χ4v) is 6.49. The predicted molar refractivity (Wildman–Crippen MR) is 103 cm³/mol. The lowest BCUT2D eigenvalue weighted by molar-refractivity contribution is 0.137. The van der Waals surface area contributed by atoms with Crippen molar-refractivity contribution >= 4 is 0 Å². The molecule has 0 atom stereocenters. The fourth-order valence-electron chi connectivity index (χ4n) is 6.49. The lowest BCUT2D eigenvalue weighted by Gasteiger charge is -2.48. The Morgan fingerprint density at radius 3 is 1.52 bits per heavy atom. The molecule has 3 aliphatic rings. The van der Waals surface area contributed by atoms with Gasteiger partial charge in [-0.05, 0) is 84.0 Å². The molecule has 2 saturated carbocycles. The van der Waals surface area contributed by atoms with Gasteiger partial charge in [0.25, 0.3) is 0 Å². The minimum absolute atomic E-state index is 0.237. The summed E-state index contributed by atoms with van der Waals surface area (Å²) < 4.78 is 0. The molecule has 3 aliphatic carbocycles. The standard InChI is InChI=1S/C25H28/c1-3-11-19(12-4-1)25(20-13-5-2-6-14-20)23-17-9-7-15-21(23)22-16-8-10-18-24(22)25/h7-8,15-20H,1-6,11-14H2. The Balaban J connectivity index is 1.76. The maximum atomic E-state index is 3.45. The summed E-state index contributed by atoms with van der Waals surface area (Å²) in [6.45, 7) is 0. The maximum Gasteiger partial charge on any atom is 0.0271 e. The molecule has 2 radical (unpaired) electrons. The lowest BCUT2D eigenvalue weighted by Crippen LogP contribution is -2.44. The average molecular weight is 328 g/mol. The highest BCUT2D eigenvalue weighted by atomic mass is 14.6. The van der Waals surface area contributed by atoms with Gasteiger partial charge in [0.05, 0.1) is 0 Å². The molecule has 0 bridgehead atoms. The Morgan fingerprint density at radius 1 is 0.640 bits per heavy atom. The molecule has 0 unspecified atom stereocenters. The Kier molecular flexibility index (Phi) is 3.95. The molecule has 0 heterocycles. The van der Waals surface area contributed by atoms with Gasteiger partial charge in [-0.15, -0.1) is 0 Å². The van der Waals surface area contributed by atoms with Crippen LogP contribution in [0.15, 0.2) is 36.4 Å². The Labute approximate surface area is 152 Å². The summed E-state index contributed by atoms with van der Waals surface area (Å²) in [4.78, 5) is 0. The predicted octanol–water partition coefficient (Wildman–Crippen LogP) is 6.71. The molecule has 128 valence electrons. The van der Waals surface area contributed by atoms with Crippen molar-refractivity contribution in [2.75, 3.05) is 0 Å². The van der Waals surface area contributed by atoms with E-state index in [1.165, 1.54) is 75.3 Å². The number of benzene rings is 2. The van der Waals surface area contributed by atoms with Crippen LogP contribution in [0.25, 0.3) is 11.1 Å². The molecule has 0 nitrogen and oxygen atoms in total. The first-order chi connectivity index (χ1) is 12.4. The van der Waals surface area contributed by atoms with E-state index in [0.29, 0.717) is 0 Å². The van der Waals surface area contributed by atoms with Crippen LogP contribution >= 0.6 is 0 Å². The van der Waals surface area contributed by atoms with Gasteiger partial charge in [-0.3, -0.25) is 0 Å². The first kappa shape index (κ1) is 15.7. The van der Waals surface area contributed by atoms with Crippen LogP contribution in [0.5, 0.6) is 0 Å². The highest BCUT2D eigenvalue weighted by Gasteiger charge is 2.52. The summed E-state index contributed by atoms with van der Waals surface area (Å²) in [5, 5.41) is 0. The molecule has 0 amide bonds. The Bertz CT molecular complexity index is 679. The summed E-state index contributed by atoms with van der Waals surface area (Å²) in [6.07, 6.45) is 14.1. The summed E-state index contributed by atoms with van der Waals surface area (Å²) in [5.74, 6) is 1.60. The lowest BCUT2D eigenvalue weighted by atomic mass is 9.55. The fraction of sp³-hybridized carbons (Fsp3) is 0.520. The van der Waals surface area contributed by atoms with Crippen LogP contribution in [0.1, 0.15) is 75.3 Å². The zero-order valence-corrected chi connectivity index (χ0v) is 15.2. The van der Waals surface area contributed by atoms with E-state index in [2.05, 4.69) is 48.5 Å². The van der Waals surface area contributed by atoms with Gasteiger partial charge in [-0.2, -0.15) is 0 Å². The third-order valence-electron chi connectivity index (χ3n) is 7.41. The van der Waals surface area contributed by atoms with Gasteiger partial charge in [-0.25, -0.2) is 0 Å². The van der Waals surface area contributed by atoms with Crippen molar-refractivity contribution < 1.29 is 0 Å². The van der Waals surface area contributed by atoms with Crippen molar-refractivity contribution in [2.24, 2.45) is 11.8 Å². The van der Waals surface area contributed by atoms with E-state index < -0.39 is 0 Å². The van der Waals surface area contributed by atoms with Gasteiger partial charge in [-0.1, -0.05) is 62.8 Å². The number of hydrogen-bond acceptors (Lipinski definition) is 0. The Morgan fingerprint density at radius 2 is 1.08 bits per heavy atom. The molecule has 0 spiro atoms. The van der Waals surface area contributed by atoms with Gasteiger partial charge in [0.1, 0.15) is 0 Å². The third kappa shape index (κ3) is 2.26. The first-order valence-electron chi connectivity index (χ1n) is 10.4. The van der Waals surface area contributed by atoms with E-state index in [0.717, 1.165) is 11.8 Å². The van der Waals surface area contributed by atoms with Gasteiger partial charge in [0.2, 0.25) is 0 Å². The molecule has 0 aliphatic heterocycles. The summed E-state index contributed by atoms with van der Waals surface area (Å²) in [5.41, 5.74) is 6.41. The highest BCUT2D eigenvalue weighted by Crippen LogP contribution is 2.61. The molecule has 25 heavy (non-hydrogen) atoms. The van der Waals surface area contributed by atoms with Gasteiger partial charge in [0.15, 0.2) is 0 Å². The topological polar surface area (TPSA) is 0 Å². The van der Waals surface area contributed by atoms with Crippen LogP contribution < -0.4 is 0 Å². The number of fused-ring (bicyclic) bond motifs is 3. The zero-order valence-electron chi connectivity index (χ0n) is 15.2. The van der Waals surface area contributed by atoms with E-state index in [4.69, 9.17) is 0 Å². The maximum absolute atomic E-state index is 3.45. The van der Waals surface area contributed by atoms with Crippen molar-refractivity contribution in [2.45, 2.75) is 69.6 Å². The second-order valence-corrected chi connectivity index (χ2v) is 8.48. The minimum Gasteiger partial charge on any atom is -0.0537 e. The molecule has 0 N–H and O–H groups in total. The van der Waals surface area contributed by atoms with Gasteiger partial charge >= 0.3 is 0 Å². The van der Waals surface area contributed by atoms with Crippen LogP contribution in [0.3, 0.4) is 0 Å². The summed E-state index contributed by atoms with van der Waals surface area (Å²) >= 11 is 0. The molecular formula is C25H28. The van der Waals surface area contributed by atoms with Crippen LogP contribution in [0.2, 0.25) is 0 Å². The van der Waals surface area contributed by atoms with Crippen LogP contribution in [-0.2, 0) is 5.41 Å². The molecule has 2 aromatic rings. The van der Waals surface area contributed by atoms with E-state index >= 15 is 0 Å². The monoisotopic (exact) mass is 328 g/mol. The molecular weight excluding hydrogens is 300 g/mol. The van der Waals surface area contributed by atoms with Crippen molar-refractivity contribution in [1.82, 2.24) is 0 Å². The molecule has 5 rings (SSSR count). The van der Waals surface area contributed by atoms with Crippen molar-refractivity contribution in [1.29, 1.82) is 0 Å². The zero-order chi connectivity index (χ0) is 16.7. The molecule has 0 aromatic heterocycles. The molecule has 2 fully saturated rings. The largest absolute Gasteiger partial charge is 0.0537 e. The van der Waals surface area contributed by atoms with Crippen LogP contribution in [0, 0.1) is 24.0 Å². The van der Waals surface area contributed by atoms with Gasteiger partial charge < -0.3 is 0 Å². The van der Waals surface area contributed by atoms with Crippen molar-refractivity contribution in [3.63, 3.8) is 0 Å². The van der Waals surface area contributed by atoms with Crippen LogP contribution in [-0.4, -0.2) is 0 Å². The number of hydrogen-bond donors (Lipinski definition) is 0. The summed E-state index contributed by atoms with van der Waals surface area (Å²) in [6, 6.07) is 20.5. The first-order valence-corrected chi connectivity index (χ1v) is 10.4. The van der Waals surface area contributed by atoms with Gasteiger partial charge in [0, 0.05) is 5.41 Å². The van der Waals surface area contributed by atoms with E-state index in [1.807, 2.05) is 0 Å². The Hall–Kier alpha value is -1.56. The third-order valence-corrected chi connectivity index (χ3v) is 7.41. The van der Waals surface area contributed by atoms with E-state index in [-0.39, 0.29) is 5.41 Å². The second kappa shape index (κ2) is 6.31. The minimum atomic E-state index is 0.237. The average Bonchev–Trinajstić information content (AvgIpc) is 3.01. The van der Waals surface area contributed by atoms with Crippen LogP contribution in [0.4, 0.5) is 0 Å². The highest BCUT2D eigenvalue weighted by molar-refractivity contribution is 5.81. The normalized spacial score (nSPS) is 23.2. The van der Waals surface area contributed by atoms with E-state index in [9.17, 15) is 0 Å². The second-order valence-electron chi connectivity index (χ2n) is 8.48. The van der Waals surface area contributed by atoms with Crippen molar-refractivity contribution in [3.05, 3.63) is 59.7 Å². The molecule has 2 aromatic carbocycles. The smallest absolute Gasteiger partial charge is 0.0271 e. The summed E-state index contributed by atoms with van der Waals surface area (Å²) in [7, 11) is 0. The SMILES string of the molecule is [c]1ccc2c(c1)C(C1CCCCC1)(C1CCCCC1)c1c[c]ccc1-2. The molecule has 0 saturated heterocycles. The molecule has 0 heteroatoms. The van der Waals surface area contributed by atoms with E-state index in [1.54, 1.807) is 11.1 Å². The van der Waals surface area contributed by atoms with Crippen molar-refractivity contribution in [3.8, 4) is 11.1 Å².